The Hall–Kier alpha value is -3.38. The molecule has 3 aromatic rings. The van der Waals surface area contributed by atoms with Crippen molar-refractivity contribution in [1.29, 1.82) is 0 Å². The summed E-state index contributed by atoms with van der Waals surface area (Å²) in [5, 5.41) is 2.97. The zero-order chi connectivity index (χ0) is 22.3. The molecular formula is C26H30N4O2. The van der Waals surface area contributed by atoms with E-state index in [-0.39, 0.29) is 5.91 Å². The monoisotopic (exact) mass is 430 g/mol. The van der Waals surface area contributed by atoms with Crippen LogP contribution in [-0.2, 0) is 13.2 Å². The summed E-state index contributed by atoms with van der Waals surface area (Å²) in [5.41, 5.74) is 3.86. The number of nitrogens with one attached hydrogen (secondary N) is 1. The predicted octanol–water partition coefficient (Wildman–Crippen LogP) is 3.65. The number of pyridine rings is 1. The molecule has 1 aliphatic rings. The molecule has 0 aliphatic carbocycles. The second kappa shape index (κ2) is 10.3. The van der Waals surface area contributed by atoms with E-state index < -0.39 is 0 Å². The van der Waals surface area contributed by atoms with E-state index in [0.717, 1.165) is 43.1 Å². The Labute approximate surface area is 189 Å². The molecule has 2 heterocycles. The van der Waals surface area contributed by atoms with Gasteiger partial charge in [0.15, 0.2) is 0 Å². The number of nitrogens with zero attached hydrogens (tertiary/aromatic N) is 3. The van der Waals surface area contributed by atoms with Crippen LogP contribution in [0, 0.1) is 6.92 Å². The van der Waals surface area contributed by atoms with Crippen molar-refractivity contribution in [3.05, 3.63) is 89.1 Å². The molecule has 1 fully saturated rings. The molecule has 166 valence electrons. The van der Waals surface area contributed by atoms with Crippen molar-refractivity contribution < 1.29 is 9.53 Å². The summed E-state index contributed by atoms with van der Waals surface area (Å²) in [4.78, 5) is 21.8. The highest BCUT2D eigenvalue weighted by Gasteiger charge is 2.15. The molecule has 1 saturated heterocycles. The average Bonchev–Trinajstić information content (AvgIpc) is 2.82. The highest BCUT2D eigenvalue weighted by atomic mass is 16.5. The van der Waals surface area contributed by atoms with Crippen molar-refractivity contribution >= 4 is 11.7 Å². The van der Waals surface area contributed by atoms with E-state index >= 15 is 0 Å². The number of carbonyl (C=O) groups excluding carboxylic acids is 1. The number of carbonyl (C=O) groups is 1. The largest absolute Gasteiger partial charge is 0.489 e. The molecule has 6 nitrogen and oxygen atoms in total. The van der Waals surface area contributed by atoms with Crippen LogP contribution in [0.3, 0.4) is 0 Å². The van der Waals surface area contributed by atoms with E-state index in [0.29, 0.717) is 24.5 Å². The SMILES string of the molecule is Cc1cccc(COc2cccc(C(=O)NCc3ccc(N4CCN(C)CC4)nc3)c2)c1. The minimum atomic E-state index is -0.130. The molecule has 0 saturated carbocycles. The van der Waals surface area contributed by atoms with Gasteiger partial charge in [-0.15, -0.1) is 0 Å². The van der Waals surface area contributed by atoms with E-state index in [1.807, 2.05) is 42.6 Å². The Balaban J connectivity index is 1.29. The van der Waals surface area contributed by atoms with Crippen LogP contribution in [-0.4, -0.2) is 49.0 Å². The van der Waals surface area contributed by atoms with E-state index in [1.54, 1.807) is 12.1 Å². The van der Waals surface area contributed by atoms with Crippen molar-refractivity contribution in [2.45, 2.75) is 20.1 Å². The Morgan fingerprint density at radius 2 is 1.81 bits per heavy atom. The van der Waals surface area contributed by atoms with Crippen molar-refractivity contribution in [3.8, 4) is 5.75 Å². The quantitative estimate of drug-likeness (QED) is 0.620. The van der Waals surface area contributed by atoms with Gasteiger partial charge in [0, 0.05) is 44.5 Å². The Morgan fingerprint density at radius 1 is 1.00 bits per heavy atom. The fraction of sp³-hybridized carbons (Fsp3) is 0.308. The van der Waals surface area contributed by atoms with Gasteiger partial charge in [0.05, 0.1) is 0 Å². The van der Waals surface area contributed by atoms with E-state index in [4.69, 9.17) is 4.74 Å². The second-order valence-electron chi connectivity index (χ2n) is 8.30. The third kappa shape index (κ3) is 5.86. The van der Waals surface area contributed by atoms with Crippen LogP contribution < -0.4 is 15.0 Å². The number of aromatic nitrogens is 1. The van der Waals surface area contributed by atoms with Gasteiger partial charge in [-0.2, -0.15) is 0 Å². The number of aryl methyl sites for hydroxylation is 1. The maximum absolute atomic E-state index is 12.6. The van der Waals surface area contributed by atoms with E-state index in [1.165, 1.54) is 5.56 Å². The minimum absolute atomic E-state index is 0.130. The molecule has 0 unspecified atom stereocenters. The fourth-order valence-electron chi connectivity index (χ4n) is 3.72. The van der Waals surface area contributed by atoms with Crippen molar-refractivity contribution in [3.63, 3.8) is 0 Å². The molecule has 1 aromatic heterocycles. The lowest BCUT2D eigenvalue weighted by atomic mass is 10.1. The summed E-state index contributed by atoms with van der Waals surface area (Å²) >= 11 is 0. The van der Waals surface area contributed by atoms with Crippen LogP contribution in [0.1, 0.15) is 27.0 Å². The number of benzene rings is 2. The molecule has 2 aromatic carbocycles. The van der Waals surface area contributed by atoms with Crippen LogP contribution in [0.2, 0.25) is 0 Å². The standard InChI is InChI=1S/C26H30N4O2/c1-20-5-3-6-21(15-20)19-32-24-8-4-7-23(16-24)26(31)28-18-22-9-10-25(27-17-22)30-13-11-29(2)12-14-30/h3-10,15-17H,11-14,18-19H2,1-2H3,(H,28,31). The molecule has 0 bridgehead atoms. The lowest BCUT2D eigenvalue weighted by molar-refractivity contribution is 0.0950. The molecule has 6 heteroatoms. The van der Waals surface area contributed by atoms with Gasteiger partial charge in [-0.3, -0.25) is 4.79 Å². The van der Waals surface area contributed by atoms with Gasteiger partial charge in [0.1, 0.15) is 18.2 Å². The maximum atomic E-state index is 12.6. The van der Waals surface area contributed by atoms with Crippen molar-refractivity contribution in [2.24, 2.45) is 0 Å². The molecule has 0 spiro atoms. The number of amides is 1. The minimum Gasteiger partial charge on any atom is -0.489 e. The lowest BCUT2D eigenvalue weighted by Gasteiger charge is -2.33. The lowest BCUT2D eigenvalue weighted by Crippen LogP contribution is -2.44. The summed E-state index contributed by atoms with van der Waals surface area (Å²) in [6, 6.07) is 19.6. The van der Waals surface area contributed by atoms with Crippen LogP contribution in [0.4, 0.5) is 5.82 Å². The molecular weight excluding hydrogens is 400 g/mol. The Bertz CT molecular complexity index is 1040. The molecule has 4 rings (SSSR count). The highest BCUT2D eigenvalue weighted by Crippen LogP contribution is 2.17. The van der Waals surface area contributed by atoms with Crippen LogP contribution in [0.5, 0.6) is 5.75 Å². The normalized spacial score (nSPS) is 14.2. The number of ether oxygens (including phenoxy) is 1. The van der Waals surface area contributed by atoms with E-state index in [2.05, 4.69) is 46.2 Å². The number of hydrogen-bond acceptors (Lipinski definition) is 5. The zero-order valence-electron chi connectivity index (χ0n) is 18.8. The van der Waals surface area contributed by atoms with Gasteiger partial charge >= 0.3 is 0 Å². The molecule has 1 amide bonds. The highest BCUT2D eigenvalue weighted by molar-refractivity contribution is 5.94. The van der Waals surface area contributed by atoms with Gasteiger partial charge in [-0.1, -0.05) is 42.0 Å². The van der Waals surface area contributed by atoms with Crippen LogP contribution >= 0.6 is 0 Å². The topological polar surface area (TPSA) is 57.7 Å². The number of anilines is 1. The number of rotatable bonds is 7. The third-order valence-electron chi connectivity index (χ3n) is 5.67. The van der Waals surface area contributed by atoms with Crippen molar-refractivity contribution in [1.82, 2.24) is 15.2 Å². The van der Waals surface area contributed by atoms with E-state index in [9.17, 15) is 4.79 Å². The van der Waals surface area contributed by atoms with Gasteiger partial charge in [0.25, 0.3) is 5.91 Å². The first kappa shape index (κ1) is 21.8. The van der Waals surface area contributed by atoms with Gasteiger partial charge < -0.3 is 19.9 Å². The first-order valence-corrected chi connectivity index (χ1v) is 11.0. The first-order chi connectivity index (χ1) is 15.6. The molecule has 1 N–H and O–H groups in total. The van der Waals surface area contributed by atoms with Crippen LogP contribution in [0.15, 0.2) is 66.9 Å². The van der Waals surface area contributed by atoms with Crippen molar-refractivity contribution in [2.75, 3.05) is 38.1 Å². The second-order valence-corrected chi connectivity index (χ2v) is 8.30. The summed E-state index contributed by atoms with van der Waals surface area (Å²) in [5.74, 6) is 1.54. The van der Waals surface area contributed by atoms with Gasteiger partial charge in [-0.25, -0.2) is 4.98 Å². The maximum Gasteiger partial charge on any atom is 0.251 e. The summed E-state index contributed by atoms with van der Waals surface area (Å²) in [6.07, 6.45) is 1.84. The molecule has 32 heavy (non-hydrogen) atoms. The smallest absolute Gasteiger partial charge is 0.251 e. The Kier molecular flexibility index (Phi) is 7.02. The number of hydrogen-bond donors (Lipinski definition) is 1. The summed E-state index contributed by atoms with van der Waals surface area (Å²) in [6.45, 7) is 7.04. The number of piperazine rings is 1. The Morgan fingerprint density at radius 3 is 2.56 bits per heavy atom. The summed E-state index contributed by atoms with van der Waals surface area (Å²) in [7, 11) is 2.14. The molecule has 0 atom stereocenters. The number of likely N-dealkylation sites (N-methyl/N-ethyl adjacent to an activating group) is 1. The third-order valence-corrected chi connectivity index (χ3v) is 5.67. The van der Waals surface area contributed by atoms with Gasteiger partial charge in [-0.05, 0) is 49.4 Å². The molecule has 0 radical (unpaired) electrons. The molecule has 1 aliphatic heterocycles. The zero-order valence-corrected chi connectivity index (χ0v) is 18.8. The summed E-state index contributed by atoms with van der Waals surface area (Å²) < 4.78 is 5.88. The predicted molar refractivity (Wildman–Crippen MR) is 127 cm³/mol. The van der Waals surface area contributed by atoms with Crippen LogP contribution in [0.25, 0.3) is 0 Å². The van der Waals surface area contributed by atoms with Gasteiger partial charge in [0.2, 0.25) is 0 Å². The fourth-order valence-corrected chi connectivity index (χ4v) is 3.72. The first-order valence-electron chi connectivity index (χ1n) is 11.0. The average molecular weight is 431 g/mol.